The van der Waals surface area contributed by atoms with Crippen molar-refractivity contribution in [3.05, 3.63) is 34.1 Å². The molecule has 1 aliphatic carbocycles. The Kier molecular flexibility index (Phi) is 4.93. The molecule has 0 bridgehead atoms. The first-order valence-electron chi connectivity index (χ1n) is 6.46. The van der Waals surface area contributed by atoms with Crippen molar-refractivity contribution < 1.29 is 14.3 Å². The van der Waals surface area contributed by atoms with Crippen molar-refractivity contribution in [2.75, 3.05) is 13.2 Å². The number of carbonyl (C=O) groups is 1. The first kappa shape index (κ1) is 14.5. The van der Waals surface area contributed by atoms with Gasteiger partial charge in [-0.3, -0.25) is 4.79 Å². The van der Waals surface area contributed by atoms with Gasteiger partial charge < -0.3 is 10.4 Å². The van der Waals surface area contributed by atoms with Gasteiger partial charge in [-0.25, -0.2) is 4.39 Å². The van der Waals surface area contributed by atoms with Crippen molar-refractivity contribution in [3.63, 3.8) is 0 Å². The van der Waals surface area contributed by atoms with Crippen LogP contribution in [-0.2, 0) is 0 Å². The zero-order valence-electron chi connectivity index (χ0n) is 10.5. The fraction of sp³-hybridized carbons (Fsp3) is 0.500. The Bertz CT molecular complexity index is 467. The number of carbonyl (C=O) groups excluding carboxylic acids is 1. The minimum atomic E-state index is -0.531. The largest absolute Gasteiger partial charge is 0.396 e. The summed E-state index contributed by atoms with van der Waals surface area (Å²) in [7, 11) is 0. The molecule has 2 atom stereocenters. The molecule has 5 heteroatoms. The summed E-state index contributed by atoms with van der Waals surface area (Å²) in [5, 5.41) is 12.0. The number of hydrogen-bond acceptors (Lipinski definition) is 2. The standard InChI is InChI=1S/C14H17BrFNO2/c15-11-4-5-12(13(16)6-11)14(19)17-7-9-2-1-3-10(9)8-18/h4-6,9-10,18H,1-3,7-8H2,(H,17,19). The second-order valence-corrected chi connectivity index (χ2v) is 5.88. The van der Waals surface area contributed by atoms with Crippen LogP contribution in [0.3, 0.4) is 0 Å². The van der Waals surface area contributed by atoms with Crippen LogP contribution in [0.2, 0.25) is 0 Å². The summed E-state index contributed by atoms with van der Waals surface area (Å²) in [6.07, 6.45) is 3.09. The number of hydrogen-bond donors (Lipinski definition) is 2. The number of rotatable bonds is 4. The van der Waals surface area contributed by atoms with Crippen molar-refractivity contribution in [1.29, 1.82) is 0 Å². The highest BCUT2D eigenvalue weighted by Crippen LogP contribution is 2.30. The molecule has 2 N–H and O–H groups in total. The molecule has 0 saturated heterocycles. The van der Waals surface area contributed by atoms with E-state index < -0.39 is 11.7 Å². The van der Waals surface area contributed by atoms with Gasteiger partial charge in [0.1, 0.15) is 5.82 Å². The number of amides is 1. The lowest BCUT2D eigenvalue weighted by atomic mass is 9.97. The summed E-state index contributed by atoms with van der Waals surface area (Å²) in [4.78, 5) is 11.9. The molecule has 1 aliphatic rings. The third-order valence-corrected chi connectivity index (χ3v) is 4.24. The van der Waals surface area contributed by atoms with E-state index in [4.69, 9.17) is 0 Å². The zero-order chi connectivity index (χ0) is 13.8. The van der Waals surface area contributed by atoms with Crippen LogP contribution in [0.15, 0.2) is 22.7 Å². The van der Waals surface area contributed by atoms with Gasteiger partial charge in [0.25, 0.3) is 5.91 Å². The third kappa shape index (κ3) is 3.54. The zero-order valence-corrected chi connectivity index (χ0v) is 12.1. The highest BCUT2D eigenvalue weighted by molar-refractivity contribution is 9.10. The van der Waals surface area contributed by atoms with Crippen LogP contribution >= 0.6 is 15.9 Å². The Balaban J connectivity index is 1.94. The van der Waals surface area contributed by atoms with Gasteiger partial charge in [0.05, 0.1) is 5.56 Å². The SMILES string of the molecule is O=C(NCC1CCCC1CO)c1ccc(Br)cc1F. The minimum Gasteiger partial charge on any atom is -0.396 e. The number of benzene rings is 1. The molecular formula is C14H17BrFNO2. The van der Waals surface area contributed by atoms with Crippen molar-refractivity contribution >= 4 is 21.8 Å². The maximum atomic E-state index is 13.6. The van der Waals surface area contributed by atoms with Crippen LogP contribution in [0.25, 0.3) is 0 Å². The summed E-state index contributed by atoms with van der Waals surface area (Å²) >= 11 is 3.16. The van der Waals surface area contributed by atoms with Gasteiger partial charge in [-0.15, -0.1) is 0 Å². The molecule has 1 fully saturated rings. The molecule has 2 rings (SSSR count). The van der Waals surface area contributed by atoms with Crippen LogP contribution in [0.5, 0.6) is 0 Å². The van der Waals surface area contributed by atoms with E-state index in [0.29, 0.717) is 16.9 Å². The molecule has 0 radical (unpaired) electrons. The van der Waals surface area contributed by atoms with Crippen LogP contribution in [0.4, 0.5) is 4.39 Å². The summed E-state index contributed by atoms with van der Waals surface area (Å²) in [6, 6.07) is 4.39. The van der Waals surface area contributed by atoms with Gasteiger partial charge in [0.2, 0.25) is 0 Å². The molecule has 2 unspecified atom stereocenters. The lowest BCUT2D eigenvalue weighted by Crippen LogP contribution is -2.32. The molecular weight excluding hydrogens is 313 g/mol. The second-order valence-electron chi connectivity index (χ2n) is 4.97. The van der Waals surface area contributed by atoms with E-state index in [-0.39, 0.29) is 18.1 Å². The smallest absolute Gasteiger partial charge is 0.254 e. The molecule has 3 nitrogen and oxygen atoms in total. The van der Waals surface area contributed by atoms with Crippen LogP contribution < -0.4 is 5.32 Å². The van der Waals surface area contributed by atoms with E-state index in [1.165, 1.54) is 12.1 Å². The van der Waals surface area contributed by atoms with Gasteiger partial charge in [0, 0.05) is 17.6 Å². The third-order valence-electron chi connectivity index (χ3n) is 3.75. The normalized spacial score (nSPS) is 22.5. The number of aliphatic hydroxyl groups excluding tert-OH is 1. The van der Waals surface area contributed by atoms with Crippen LogP contribution in [0.1, 0.15) is 29.6 Å². The van der Waals surface area contributed by atoms with Crippen molar-refractivity contribution in [1.82, 2.24) is 5.32 Å². The Morgan fingerprint density at radius 2 is 2.16 bits per heavy atom. The predicted molar refractivity (Wildman–Crippen MR) is 74.4 cm³/mol. The highest BCUT2D eigenvalue weighted by Gasteiger charge is 2.27. The summed E-state index contributed by atoms with van der Waals surface area (Å²) in [5.74, 6) is -0.367. The van der Waals surface area contributed by atoms with E-state index in [9.17, 15) is 14.3 Å². The predicted octanol–water partition coefficient (Wildman–Crippen LogP) is 2.73. The summed E-state index contributed by atoms with van der Waals surface area (Å²) < 4.78 is 14.2. The molecule has 1 saturated carbocycles. The fourth-order valence-corrected chi connectivity index (χ4v) is 2.95. The average Bonchev–Trinajstić information content (AvgIpc) is 2.83. The number of nitrogens with one attached hydrogen (secondary N) is 1. The summed E-state index contributed by atoms with van der Waals surface area (Å²) in [5.41, 5.74) is 0.0572. The van der Waals surface area contributed by atoms with Crippen molar-refractivity contribution in [3.8, 4) is 0 Å². The quantitative estimate of drug-likeness (QED) is 0.892. The maximum Gasteiger partial charge on any atom is 0.254 e. The molecule has 0 heterocycles. The molecule has 104 valence electrons. The van der Waals surface area contributed by atoms with E-state index in [0.717, 1.165) is 19.3 Å². The first-order valence-corrected chi connectivity index (χ1v) is 7.25. The highest BCUT2D eigenvalue weighted by atomic mass is 79.9. The lowest BCUT2D eigenvalue weighted by molar-refractivity contribution is 0.0933. The van der Waals surface area contributed by atoms with Gasteiger partial charge in [-0.05, 0) is 42.9 Å². The Labute approximate surface area is 120 Å². The van der Waals surface area contributed by atoms with Crippen LogP contribution in [-0.4, -0.2) is 24.2 Å². The fourth-order valence-electron chi connectivity index (χ4n) is 2.62. The lowest BCUT2D eigenvalue weighted by Gasteiger charge is -2.17. The Morgan fingerprint density at radius 1 is 1.42 bits per heavy atom. The van der Waals surface area contributed by atoms with E-state index in [2.05, 4.69) is 21.2 Å². The first-order chi connectivity index (χ1) is 9.11. The molecule has 0 aliphatic heterocycles. The molecule has 1 amide bonds. The summed E-state index contributed by atoms with van der Waals surface area (Å²) in [6.45, 7) is 0.659. The molecule has 1 aromatic carbocycles. The molecule has 19 heavy (non-hydrogen) atoms. The topological polar surface area (TPSA) is 49.3 Å². The Morgan fingerprint density at radius 3 is 2.84 bits per heavy atom. The van der Waals surface area contributed by atoms with E-state index >= 15 is 0 Å². The van der Waals surface area contributed by atoms with Gasteiger partial charge >= 0.3 is 0 Å². The Hall–Kier alpha value is -0.940. The van der Waals surface area contributed by atoms with Gasteiger partial charge in [0.15, 0.2) is 0 Å². The average molecular weight is 330 g/mol. The van der Waals surface area contributed by atoms with Crippen molar-refractivity contribution in [2.24, 2.45) is 11.8 Å². The van der Waals surface area contributed by atoms with Crippen LogP contribution in [0, 0.1) is 17.7 Å². The van der Waals surface area contributed by atoms with Gasteiger partial charge in [-0.1, -0.05) is 22.4 Å². The molecule has 0 spiro atoms. The number of halogens is 2. The minimum absolute atomic E-state index is 0.0572. The maximum absolute atomic E-state index is 13.6. The van der Waals surface area contributed by atoms with E-state index in [1.54, 1.807) is 6.07 Å². The monoisotopic (exact) mass is 329 g/mol. The van der Waals surface area contributed by atoms with Crippen molar-refractivity contribution in [2.45, 2.75) is 19.3 Å². The second kappa shape index (κ2) is 6.48. The molecule has 0 aromatic heterocycles. The van der Waals surface area contributed by atoms with Gasteiger partial charge in [-0.2, -0.15) is 0 Å². The van der Waals surface area contributed by atoms with E-state index in [1.807, 2.05) is 0 Å². The number of aliphatic hydroxyl groups is 1. The molecule has 1 aromatic rings.